The van der Waals surface area contributed by atoms with E-state index in [0.717, 1.165) is 0 Å². The van der Waals surface area contributed by atoms with Crippen LogP contribution in [0.2, 0.25) is 10.0 Å². The van der Waals surface area contributed by atoms with Crippen molar-refractivity contribution in [2.24, 2.45) is 0 Å². The molecule has 0 saturated heterocycles. The van der Waals surface area contributed by atoms with Gasteiger partial charge in [0.2, 0.25) is 0 Å². The van der Waals surface area contributed by atoms with Gasteiger partial charge in [-0.1, -0.05) is 29.3 Å². The molecule has 0 atom stereocenters. The predicted octanol–water partition coefficient (Wildman–Crippen LogP) is 4.08. The Morgan fingerprint density at radius 1 is 1.19 bits per heavy atom. The van der Waals surface area contributed by atoms with Crippen molar-refractivity contribution in [2.75, 3.05) is 5.32 Å². The molecule has 2 N–H and O–H groups in total. The zero-order valence-electron chi connectivity index (χ0n) is 10.5. The number of pyridine rings is 1. The lowest BCUT2D eigenvalue weighted by Gasteiger charge is -2.06. The smallest absolute Gasteiger partial charge is 0.356 e. The van der Waals surface area contributed by atoms with Gasteiger partial charge in [-0.05, 0) is 30.3 Å². The number of carbonyl (C=O) groups is 1. The first kappa shape index (κ1) is 13.7. The molecule has 0 radical (unpaired) electrons. The number of aromatic nitrogens is 2. The highest BCUT2D eigenvalue weighted by atomic mass is 35.5. The van der Waals surface area contributed by atoms with E-state index in [1.165, 1.54) is 4.40 Å². The molecule has 0 fully saturated rings. The highest BCUT2D eigenvalue weighted by Crippen LogP contribution is 2.27. The molecule has 0 bridgehead atoms. The molecule has 0 aliphatic rings. The summed E-state index contributed by atoms with van der Waals surface area (Å²) in [6, 6.07) is 10.1. The molecule has 0 spiro atoms. The third-order valence-corrected chi connectivity index (χ3v) is 3.29. The van der Waals surface area contributed by atoms with Gasteiger partial charge >= 0.3 is 5.97 Å². The summed E-state index contributed by atoms with van der Waals surface area (Å²) in [7, 11) is 0. The topological polar surface area (TPSA) is 66.6 Å². The van der Waals surface area contributed by atoms with Crippen LogP contribution in [0.5, 0.6) is 0 Å². The number of nitrogens with one attached hydrogen (secondary N) is 1. The molecule has 0 unspecified atom stereocenters. The highest BCUT2D eigenvalue weighted by molar-refractivity contribution is 6.35. The summed E-state index contributed by atoms with van der Waals surface area (Å²) in [5.41, 5.74) is 1.14. The number of halogens is 2. The average molecular weight is 322 g/mol. The maximum Gasteiger partial charge on any atom is 0.356 e. The van der Waals surface area contributed by atoms with Crippen LogP contribution < -0.4 is 5.32 Å². The van der Waals surface area contributed by atoms with Crippen LogP contribution >= 0.6 is 23.2 Å². The lowest BCUT2D eigenvalue weighted by atomic mass is 10.3. The van der Waals surface area contributed by atoms with E-state index in [2.05, 4.69) is 10.3 Å². The van der Waals surface area contributed by atoms with E-state index in [-0.39, 0.29) is 11.5 Å². The standard InChI is InChI=1S/C14H9Cl2N3O2/c15-8-5-9(16)7-10(6-8)17-13-12(14(20)21)19-4-2-1-3-11(19)18-13/h1-7,17H,(H,20,21). The average Bonchev–Trinajstić information content (AvgIpc) is 2.75. The molecule has 3 aromatic rings. The quantitative estimate of drug-likeness (QED) is 0.762. The Hall–Kier alpha value is -2.24. The van der Waals surface area contributed by atoms with E-state index in [9.17, 15) is 9.90 Å². The molecule has 0 aliphatic heterocycles. The number of anilines is 2. The van der Waals surface area contributed by atoms with Crippen LogP contribution in [0, 0.1) is 0 Å². The monoisotopic (exact) mass is 321 g/mol. The summed E-state index contributed by atoms with van der Waals surface area (Å²) in [6.45, 7) is 0. The fourth-order valence-electron chi connectivity index (χ4n) is 2.05. The van der Waals surface area contributed by atoms with Crippen molar-refractivity contribution in [3.05, 3.63) is 58.3 Å². The van der Waals surface area contributed by atoms with Crippen LogP contribution in [0.4, 0.5) is 11.5 Å². The van der Waals surface area contributed by atoms with Crippen molar-refractivity contribution in [3.8, 4) is 0 Å². The van der Waals surface area contributed by atoms with E-state index >= 15 is 0 Å². The molecule has 3 rings (SSSR count). The first-order chi connectivity index (χ1) is 10.0. The van der Waals surface area contributed by atoms with E-state index in [1.54, 1.807) is 42.6 Å². The molecule has 2 heterocycles. The Bertz CT molecular complexity index is 825. The van der Waals surface area contributed by atoms with E-state index in [1.807, 2.05) is 0 Å². The van der Waals surface area contributed by atoms with Gasteiger partial charge in [0.15, 0.2) is 11.5 Å². The normalized spacial score (nSPS) is 10.8. The zero-order chi connectivity index (χ0) is 15.0. The lowest BCUT2D eigenvalue weighted by molar-refractivity contribution is 0.0690. The van der Waals surface area contributed by atoms with Crippen molar-refractivity contribution in [3.63, 3.8) is 0 Å². The Labute approximate surface area is 129 Å². The number of hydrogen-bond donors (Lipinski definition) is 2. The zero-order valence-corrected chi connectivity index (χ0v) is 12.1. The SMILES string of the molecule is O=C(O)c1c(Nc2cc(Cl)cc(Cl)c2)nc2ccccn12. The van der Waals surface area contributed by atoms with E-state index in [0.29, 0.717) is 21.4 Å². The molecule has 0 amide bonds. The Balaban J connectivity index is 2.11. The van der Waals surface area contributed by atoms with Crippen LogP contribution in [0.3, 0.4) is 0 Å². The summed E-state index contributed by atoms with van der Waals surface area (Å²) < 4.78 is 1.50. The van der Waals surface area contributed by atoms with Gasteiger partial charge in [-0.15, -0.1) is 0 Å². The van der Waals surface area contributed by atoms with Crippen molar-refractivity contribution >= 4 is 46.3 Å². The molecule has 106 valence electrons. The van der Waals surface area contributed by atoms with Crippen molar-refractivity contribution in [1.29, 1.82) is 0 Å². The Kier molecular flexibility index (Phi) is 3.45. The fraction of sp³-hybridized carbons (Fsp3) is 0. The number of benzene rings is 1. The van der Waals surface area contributed by atoms with Gasteiger partial charge in [-0.3, -0.25) is 4.40 Å². The second-order valence-corrected chi connectivity index (χ2v) is 5.20. The number of rotatable bonds is 3. The largest absolute Gasteiger partial charge is 0.476 e. The second kappa shape index (κ2) is 5.27. The number of nitrogens with zero attached hydrogens (tertiary/aromatic N) is 2. The number of aromatic carboxylic acids is 1. The molecular formula is C14H9Cl2N3O2. The first-order valence-corrected chi connectivity index (χ1v) is 6.73. The summed E-state index contributed by atoms with van der Waals surface area (Å²) in [4.78, 5) is 15.7. The van der Waals surface area contributed by atoms with Crippen LogP contribution in [0.25, 0.3) is 5.65 Å². The van der Waals surface area contributed by atoms with Crippen LogP contribution in [-0.2, 0) is 0 Å². The summed E-state index contributed by atoms with van der Waals surface area (Å²) in [5.74, 6) is -0.851. The fourth-order valence-corrected chi connectivity index (χ4v) is 2.58. The minimum atomic E-state index is -1.08. The van der Waals surface area contributed by atoms with Gasteiger partial charge in [0.05, 0.1) is 0 Å². The Morgan fingerprint density at radius 3 is 2.57 bits per heavy atom. The lowest BCUT2D eigenvalue weighted by Crippen LogP contribution is -2.05. The van der Waals surface area contributed by atoms with Gasteiger partial charge in [0.1, 0.15) is 5.65 Å². The van der Waals surface area contributed by atoms with Crippen molar-refractivity contribution in [2.45, 2.75) is 0 Å². The third kappa shape index (κ3) is 2.66. The summed E-state index contributed by atoms with van der Waals surface area (Å²) in [6.07, 6.45) is 1.64. The number of imidazole rings is 1. The minimum Gasteiger partial charge on any atom is -0.476 e. The summed E-state index contributed by atoms with van der Waals surface area (Å²) in [5, 5.41) is 13.2. The highest BCUT2D eigenvalue weighted by Gasteiger charge is 2.18. The van der Waals surface area contributed by atoms with Gasteiger partial charge in [0.25, 0.3) is 0 Å². The Morgan fingerprint density at radius 2 is 1.90 bits per heavy atom. The first-order valence-electron chi connectivity index (χ1n) is 5.98. The molecule has 1 aromatic carbocycles. The molecule has 0 saturated carbocycles. The summed E-state index contributed by atoms with van der Waals surface area (Å²) >= 11 is 11.9. The molecule has 0 aliphatic carbocycles. The predicted molar refractivity (Wildman–Crippen MR) is 81.9 cm³/mol. The van der Waals surface area contributed by atoms with Crippen LogP contribution in [-0.4, -0.2) is 20.5 Å². The maximum absolute atomic E-state index is 11.5. The molecule has 2 aromatic heterocycles. The van der Waals surface area contributed by atoms with Gasteiger partial charge in [-0.25, -0.2) is 9.78 Å². The van der Waals surface area contributed by atoms with Crippen molar-refractivity contribution in [1.82, 2.24) is 9.38 Å². The van der Waals surface area contributed by atoms with Crippen molar-refractivity contribution < 1.29 is 9.90 Å². The van der Waals surface area contributed by atoms with Gasteiger partial charge < -0.3 is 10.4 Å². The van der Waals surface area contributed by atoms with Crippen LogP contribution in [0.1, 0.15) is 10.5 Å². The van der Waals surface area contributed by atoms with E-state index in [4.69, 9.17) is 23.2 Å². The van der Waals surface area contributed by atoms with Crippen LogP contribution in [0.15, 0.2) is 42.6 Å². The number of carboxylic acids is 1. The molecule has 7 heteroatoms. The van der Waals surface area contributed by atoms with Gasteiger partial charge in [0, 0.05) is 21.9 Å². The molecule has 21 heavy (non-hydrogen) atoms. The molecular weight excluding hydrogens is 313 g/mol. The second-order valence-electron chi connectivity index (χ2n) is 4.33. The maximum atomic E-state index is 11.5. The van der Waals surface area contributed by atoms with E-state index < -0.39 is 5.97 Å². The minimum absolute atomic E-state index is 0.0432. The number of hydrogen-bond acceptors (Lipinski definition) is 3. The number of fused-ring (bicyclic) bond motifs is 1. The van der Waals surface area contributed by atoms with Gasteiger partial charge in [-0.2, -0.15) is 0 Å². The number of carboxylic acid groups (broad SMARTS) is 1. The third-order valence-electron chi connectivity index (χ3n) is 2.86. The molecule has 5 nitrogen and oxygen atoms in total.